The lowest BCUT2D eigenvalue weighted by atomic mass is 10.1. The number of hydrazone groups is 1. The van der Waals surface area contributed by atoms with Crippen molar-refractivity contribution in [1.82, 2.24) is 10.3 Å². The quantitative estimate of drug-likeness (QED) is 0.623. The minimum absolute atomic E-state index is 0.204. The van der Waals surface area contributed by atoms with E-state index in [-0.39, 0.29) is 5.91 Å². The first-order valence-electron chi connectivity index (χ1n) is 10.4. The Morgan fingerprint density at radius 3 is 2.70 bits per heavy atom. The molecule has 166 valence electrons. The predicted molar refractivity (Wildman–Crippen MR) is 131 cm³/mol. The van der Waals surface area contributed by atoms with Crippen LogP contribution in [0.25, 0.3) is 5.70 Å². The average Bonchev–Trinajstić information content (AvgIpc) is 2.82. The van der Waals surface area contributed by atoms with Crippen molar-refractivity contribution in [2.45, 2.75) is 18.8 Å². The molecule has 0 bridgehead atoms. The largest absolute Gasteiger partial charge is 0.496 e. The monoisotopic (exact) mass is 476 g/mol. The van der Waals surface area contributed by atoms with Crippen molar-refractivity contribution < 1.29 is 9.53 Å². The molecule has 0 aromatic heterocycles. The summed E-state index contributed by atoms with van der Waals surface area (Å²) >= 11 is 7.73. The maximum Gasteiger partial charge on any atom is 0.276 e. The molecule has 8 heteroatoms. The zero-order valence-corrected chi connectivity index (χ0v) is 19.7. The SMILES string of the molecule is COc1ccc([C@@H]2N=c3ccccc3=C3C(=O)NC(SCc4ccccc4Cl)=NN32)cc1C. The number of nitrogens with one attached hydrogen (secondary N) is 1. The lowest BCUT2D eigenvalue weighted by Gasteiger charge is -2.34. The van der Waals surface area contributed by atoms with E-state index in [1.807, 2.05) is 73.7 Å². The number of hydrogen-bond acceptors (Lipinski definition) is 6. The van der Waals surface area contributed by atoms with Crippen LogP contribution < -0.4 is 20.6 Å². The molecule has 3 aromatic rings. The molecule has 6 nitrogen and oxygen atoms in total. The van der Waals surface area contributed by atoms with Crippen LogP contribution in [0, 0.1) is 6.92 Å². The topological polar surface area (TPSA) is 66.3 Å². The van der Waals surface area contributed by atoms with E-state index < -0.39 is 6.17 Å². The van der Waals surface area contributed by atoms with Gasteiger partial charge in [-0.15, -0.1) is 5.10 Å². The van der Waals surface area contributed by atoms with Gasteiger partial charge in [-0.25, -0.2) is 5.01 Å². The lowest BCUT2D eigenvalue weighted by molar-refractivity contribution is -0.116. The van der Waals surface area contributed by atoms with Crippen LogP contribution in [-0.2, 0) is 10.5 Å². The van der Waals surface area contributed by atoms with Crippen LogP contribution in [0.5, 0.6) is 5.75 Å². The van der Waals surface area contributed by atoms with Crippen LogP contribution in [0.3, 0.4) is 0 Å². The summed E-state index contributed by atoms with van der Waals surface area (Å²) in [6.07, 6.45) is -0.471. The molecule has 0 aliphatic carbocycles. The Labute approximate surface area is 200 Å². The van der Waals surface area contributed by atoms with Crippen molar-refractivity contribution in [2.24, 2.45) is 10.1 Å². The van der Waals surface area contributed by atoms with Gasteiger partial charge in [0.1, 0.15) is 11.4 Å². The van der Waals surface area contributed by atoms with Crippen LogP contribution in [-0.4, -0.2) is 23.2 Å². The minimum atomic E-state index is -0.471. The molecule has 0 saturated heterocycles. The Morgan fingerprint density at radius 2 is 1.91 bits per heavy atom. The smallest absolute Gasteiger partial charge is 0.276 e. The standard InChI is InChI=1S/C25H21ClN4O2S/c1-15-13-16(11-12-21(15)32-2)23-27-20-10-6-4-8-18(20)22-24(31)28-25(29-30(22)23)33-14-17-7-3-5-9-19(17)26/h3-13,23H,14H2,1-2H3,(H,28,29,31)/t23-/m1/s1. The number of nitrogens with zero attached hydrogens (tertiary/aromatic N) is 3. The van der Waals surface area contributed by atoms with Gasteiger partial charge in [-0.1, -0.05) is 65.8 Å². The number of carbonyl (C=O) groups is 1. The molecule has 0 unspecified atom stereocenters. The molecule has 33 heavy (non-hydrogen) atoms. The summed E-state index contributed by atoms with van der Waals surface area (Å²) in [5, 5.41) is 12.2. The van der Waals surface area contributed by atoms with Crippen molar-refractivity contribution >= 4 is 40.1 Å². The van der Waals surface area contributed by atoms with Crippen molar-refractivity contribution in [3.8, 4) is 5.75 Å². The molecule has 2 aliphatic heterocycles. The summed E-state index contributed by atoms with van der Waals surface area (Å²) < 4.78 is 5.41. The maximum absolute atomic E-state index is 13.3. The number of aryl methyl sites for hydroxylation is 1. The van der Waals surface area contributed by atoms with Crippen LogP contribution in [0.15, 0.2) is 76.8 Å². The highest BCUT2D eigenvalue weighted by atomic mass is 35.5. The number of thioether (sulfide) groups is 1. The fraction of sp³-hybridized carbons (Fsp3) is 0.160. The Balaban J connectivity index is 1.57. The van der Waals surface area contributed by atoms with Crippen molar-refractivity contribution in [2.75, 3.05) is 7.11 Å². The summed E-state index contributed by atoms with van der Waals surface area (Å²) in [6, 6.07) is 21.2. The summed E-state index contributed by atoms with van der Waals surface area (Å²) in [7, 11) is 1.65. The molecular formula is C25H21ClN4O2S. The zero-order chi connectivity index (χ0) is 22.9. The molecule has 1 amide bonds. The number of hydrogen-bond donors (Lipinski definition) is 1. The molecule has 0 saturated carbocycles. The third-order valence-electron chi connectivity index (χ3n) is 5.55. The Hall–Kier alpha value is -3.29. The van der Waals surface area contributed by atoms with Gasteiger partial charge in [0.15, 0.2) is 11.3 Å². The summed E-state index contributed by atoms with van der Waals surface area (Å²) in [6.45, 7) is 1.99. The first-order valence-corrected chi connectivity index (χ1v) is 11.8. The van der Waals surface area contributed by atoms with Crippen LogP contribution in [0.4, 0.5) is 0 Å². The molecule has 1 atom stereocenters. The van der Waals surface area contributed by atoms with Gasteiger partial charge >= 0.3 is 0 Å². The number of methoxy groups -OCH3 is 1. The fourth-order valence-corrected chi connectivity index (χ4v) is 5.07. The number of fused-ring (bicyclic) bond motifs is 2. The Bertz CT molecular complexity index is 1410. The summed E-state index contributed by atoms with van der Waals surface area (Å²) in [5.41, 5.74) is 3.38. The molecule has 5 rings (SSSR count). The second kappa shape index (κ2) is 8.92. The number of amidine groups is 1. The van der Waals surface area contributed by atoms with Gasteiger partial charge in [0.2, 0.25) is 0 Å². The van der Waals surface area contributed by atoms with E-state index in [2.05, 4.69) is 5.32 Å². The highest BCUT2D eigenvalue weighted by Gasteiger charge is 2.34. The van der Waals surface area contributed by atoms with Gasteiger partial charge in [-0.2, -0.15) is 0 Å². The number of para-hydroxylation sites is 1. The van der Waals surface area contributed by atoms with E-state index in [1.54, 1.807) is 12.1 Å². The first-order chi connectivity index (χ1) is 16.0. The molecule has 1 N–H and O–H groups in total. The number of rotatable bonds is 4. The van der Waals surface area contributed by atoms with E-state index in [4.69, 9.17) is 26.4 Å². The average molecular weight is 477 g/mol. The highest BCUT2D eigenvalue weighted by molar-refractivity contribution is 8.13. The highest BCUT2D eigenvalue weighted by Crippen LogP contribution is 2.33. The van der Waals surface area contributed by atoms with Crippen molar-refractivity contribution in [3.63, 3.8) is 0 Å². The molecule has 0 radical (unpaired) electrons. The molecule has 2 heterocycles. The Kier molecular flexibility index (Phi) is 5.83. The maximum atomic E-state index is 13.3. The second-order valence-corrected chi connectivity index (χ2v) is 9.05. The van der Waals surface area contributed by atoms with Crippen LogP contribution in [0.1, 0.15) is 22.9 Å². The minimum Gasteiger partial charge on any atom is -0.496 e. The van der Waals surface area contributed by atoms with E-state index >= 15 is 0 Å². The number of carbonyl (C=O) groups excluding carboxylic acids is 1. The first kappa shape index (κ1) is 21.6. The zero-order valence-electron chi connectivity index (χ0n) is 18.1. The number of ether oxygens (including phenoxy) is 1. The van der Waals surface area contributed by atoms with E-state index in [0.717, 1.165) is 33.0 Å². The van der Waals surface area contributed by atoms with Gasteiger partial charge in [-0.05, 0) is 47.9 Å². The van der Waals surface area contributed by atoms with Crippen molar-refractivity contribution in [1.29, 1.82) is 0 Å². The molecule has 0 spiro atoms. The molecule has 3 aromatic carbocycles. The molecule has 0 fully saturated rings. The lowest BCUT2D eigenvalue weighted by Crippen LogP contribution is -2.50. The van der Waals surface area contributed by atoms with E-state index in [9.17, 15) is 4.79 Å². The van der Waals surface area contributed by atoms with Gasteiger partial charge in [0.05, 0.1) is 12.5 Å². The number of halogens is 1. The number of amides is 1. The van der Waals surface area contributed by atoms with Gasteiger partial charge in [0.25, 0.3) is 5.91 Å². The third kappa shape index (κ3) is 4.10. The normalized spacial score (nSPS) is 16.9. The third-order valence-corrected chi connectivity index (χ3v) is 6.84. The van der Waals surface area contributed by atoms with Crippen molar-refractivity contribution in [3.05, 3.63) is 99.0 Å². The van der Waals surface area contributed by atoms with Gasteiger partial charge < -0.3 is 4.74 Å². The predicted octanol–water partition coefficient (Wildman–Crippen LogP) is 3.73. The van der Waals surface area contributed by atoms with E-state index in [1.165, 1.54) is 11.8 Å². The molecule has 2 aliphatic rings. The number of benzene rings is 3. The summed E-state index contributed by atoms with van der Waals surface area (Å²) in [5.74, 6) is 1.18. The van der Waals surface area contributed by atoms with Gasteiger partial charge in [-0.3, -0.25) is 15.1 Å². The van der Waals surface area contributed by atoms with E-state index in [0.29, 0.717) is 21.6 Å². The Morgan fingerprint density at radius 1 is 1.12 bits per heavy atom. The fourth-order valence-electron chi connectivity index (χ4n) is 3.93. The molecular weight excluding hydrogens is 456 g/mol. The summed E-state index contributed by atoms with van der Waals surface area (Å²) in [4.78, 5) is 18.2. The van der Waals surface area contributed by atoms with Crippen LogP contribution in [0.2, 0.25) is 5.02 Å². The van der Waals surface area contributed by atoms with Crippen LogP contribution >= 0.6 is 23.4 Å². The van der Waals surface area contributed by atoms with Gasteiger partial charge in [0, 0.05) is 16.0 Å². The second-order valence-electron chi connectivity index (χ2n) is 7.68.